The minimum absolute atomic E-state index is 0.0568. The van der Waals surface area contributed by atoms with E-state index >= 15 is 0 Å². The highest BCUT2D eigenvalue weighted by molar-refractivity contribution is 5.98. The van der Waals surface area contributed by atoms with Crippen molar-refractivity contribution in [2.24, 2.45) is 5.41 Å². The third-order valence-electron chi connectivity index (χ3n) is 9.53. The number of benzene rings is 2. The fourth-order valence-corrected chi connectivity index (χ4v) is 6.78. The number of carbonyl (C=O) groups is 5. The van der Waals surface area contributed by atoms with Gasteiger partial charge in [-0.15, -0.1) is 0 Å². The number of nitrogens with one attached hydrogen (secondary N) is 2. The van der Waals surface area contributed by atoms with Crippen LogP contribution in [-0.2, 0) is 55.7 Å². The smallest absolute Gasteiger partial charge is 0.348 e. The summed E-state index contributed by atoms with van der Waals surface area (Å²) in [4.78, 5) is 64.0. The number of cyclic esters (lactones) is 1. The number of hydrogen-bond donors (Lipinski definition) is 4. The molecule has 14 nitrogen and oxygen atoms in total. The van der Waals surface area contributed by atoms with Crippen LogP contribution in [-0.4, -0.2) is 102 Å². The Labute approximate surface area is 300 Å². The predicted molar refractivity (Wildman–Crippen MR) is 182 cm³/mol. The summed E-state index contributed by atoms with van der Waals surface area (Å²) < 4.78 is 29.3. The van der Waals surface area contributed by atoms with Crippen molar-refractivity contribution in [3.05, 3.63) is 88.5 Å². The van der Waals surface area contributed by atoms with Crippen LogP contribution in [0.2, 0.25) is 0 Å². The number of aliphatic hydroxyl groups excluding tert-OH is 2. The lowest BCUT2D eigenvalue weighted by molar-refractivity contribution is -0.172. The van der Waals surface area contributed by atoms with Gasteiger partial charge in [-0.25, -0.2) is 14.4 Å². The van der Waals surface area contributed by atoms with Crippen LogP contribution in [0.25, 0.3) is 6.08 Å². The molecule has 0 aromatic heterocycles. The highest BCUT2D eigenvalue weighted by Gasteiger charge is 2.55. The molecule has 2 heterocycles. The first kappa shape index (κ1) is 36.9. The summed E-state index contributed by atoms with van der Waals surface area (Å²) in [5, 5.41) is 24.3. The number of carbonyl (C=O) groups excluding carboxylic acids is 5. The van der Waals surface area contributed by atoms with E-state index in [9.17, 15) is 29.1 Å². The van der Waals surface area contributed by atoms with Gasteiger partial charge in [-0.3, -0.25) is 9.59 Å². The highest BCUT2D eigenvalue weighted by Crippen LogP contribution is 2.45. The van der Waals surface area contributed by atoms with Crippen molar-refractivity contribution in [3.8, 4) is 0 Å². The van der Waals surface area contributed by atoms with Crippen LogP contribution >= 0.6 is 0 Å². The Kier molecular flexibility index (Phi) is 10.6. The lowest BCUT2D eigenvalue weighted by Crippen LogP contribution is -2.54. The maximum Gasteiger partial charge on any atom is 0.348 e. The Balaban J connectivity index is 1.16. The molecule has 4 N–H and O–H groups in total. The number of fused-ring (bicyclic) bond motifs is 2. The van der Waals surface area contributed by atoms with Crippen molar-refractivity contribution in [3.63, 3.8) is 0 Å². The third-order valence-corrected chi connectivity index (χ3v) is 9.53. The predicted octanol–water partition coefficient (Wildman–Crippen LogP) is 1.30. The minimum atomic E-state index is -1.31. The van der Waals surface area contributed by atoms with Crippen LogP contribution in [0.3, 0.4) is 0 Å². The number of rotatable bonds is 11. The molecule has 1 spiro atoms. The number of esters is 3. The van der Waals surface area contributed by atoms with Crippen molar-refractivity contribution >= 4 is 35.8 Å². The molecule has 6 atom stereocenters. The maximum absolute atomic E-state index is 13.5. The average Bonchev–Trinajstić information content (AvgIpc) is 3.75. The topological polar surface area (TPSA) is 196 Å². The summed E-state index contributed by atoms with van der Waals surface area (Å²) in [6, 6.07) is 12.8. The minimum Gasteiger partial charge on any atom is -0.462 e. The summed E-state index contributed by atoms with van der Waals surface area (Å²) in [5.74, 6) is -4.35. The van der Waals surface area contributed by atoms with Crippen molar-refractivity contribution < 1.29 is 57.9 Å². The van der Waals surface area contributed by atoms with E-state index in [1.54, 1.807) is 32.1 Å². The zero-order valence-corrected chi connectivity index (χ0v) is 29.0. The van der Waals surface area contributed by atoms with E-state index in [-0.39, 0.29) is 37.3 Å². The van der Waals surface area contributed by atoms with E-state index in [0.717, 1.165) is 11.1 Å². The second-order valence-corrected chi connectivity index (χ2v) is 14.1. The first-order chi connectivity index (χ1) is 24.8. The molecule has 2 fully saturated rings. The average molecular weight is 719 g/mol. The van der Waals surface area contributed by atoms with Gasteiger partial charge in [0.15, 0.2) is 5.79 Å². The Morgan fingerprint density at radius 3 is 2.33 bits per heavy atom. The van der Waals surface area contributed by atoms with E-state index < -0.39 is 77.5 Å². The first-order valence-electron chi connectivity index (χ1n) is 17.1. The van der Waals surface area contributed by atoms with Gasteiger partial charge in [0.2, 0.25) is 17.9 Å². The molecule has 0 unspecified atom stereocenters. The molecular weight excluding hydrogens is 676 g/mol. The van der Waals surface area contributed by atoms with E-state index in [0.29, 0.717) is 18.4 Å². The van der Waals surface area contributed by atoms with E-state index in [2.05, 4.69) is 10.6 Å². The zero-order valence-electron chi connectivity index (χ0n) is 29.0. The van der Waals surface area contributed by atoms with E-state index in [1.807, 2.05) is 24.3 Å². The molecule has 0 radical (unpaired) electrons. The fraction of sp³-hybridized carbons (Fsp3) is 0.447. The molecule has 6 rings (SSSR count). The molecule has 2 amide bonds. The molecule has 4 aliphatic rings. The van der Waals surface area contributed by atoms with Crippen molar-refractivity contribution in [2.75, 3.05) is 19.8 Å². The molecule has 52 heavy (non-hydrogen) atoms. The van der Waals surface area contributed by atoms with Crippen LogP contribution < -0.4 is 10.6 Å². The monoisotopic (exact) mass is 718 g/mol. The Morgan fingerprint density at radius 2 is 1.71 bits per heavy atom. The first-order valence-corrected chi connectivity index (χ1v) is 17.1. The van der Waals surface area contributed by atoms with Crippen molar-refractivity contribution in [1.82, 2.24) is 10.6 Å². The summed E-state index contributed by atoms with van der Waals surface area (Å²) >= 11 is 0. The van der Waals surface area contributed by atoms with Gasteiger partial charge < -0.3 is 44.5 Å². The van der Waals surface area contributed by atoms with Crippen molar-refractivity contribution in [1.29, 1.82) is 0 Å². The molecule has 2 aromatic carbocycles. The number of ether oxygens (including phenoxy) is 5. The van der Waals surface area contributed by atoms with Gasteiger partial charge in [-0.05, 0) is 47.9 Å². The molecule has 2 aromatic rings. The Morgan fingerprint density at radius 1 is 1.02 bits per heavy atom. The lowest BCUT2D eigenvalue weighted by Gasteiger charge is -2.31. The van der Waals surface area contributed by atoms with Crippen LogP contribution in [0.15, 0.2) is 66.3 Å². The molecule has 0 bridgehead atoms. The van der Waals surface area contributed by atoms with Gasteiger partial charge in [0.05, 0.1) is 18.3 Å². The molecular formula is C38H42N2O12. The van der Waals surface area contributed by atoms with Gasteiger partial charge in [0.25, 0.3) is 0 Å². The second kappa shape index (κ2) is 15.0. The summed E-state index contributed by atoms with van der Waals surface area (Å²) in [7, 11) is 0. The molecule has 2 aliphatic carbocycles. The normalized spacial score (nSPS) is 25.0. The van der Waals surface area contributed by atoms with Crippen LogP contribution in [0.5, 0.6) is 0 Å². The highest BCUT2D eigenvalue weighted by atomic mass is 16.8. The van der Waals surface area contributed by atoms with Gasteiger partial charge in [0.1, 0.15) is 31.0 Å². The van der Waals surface area contributed by atoms with E-state index in [1.165, 1.54) is 31.2 Å². The largest absolute Gasteiger partial charge is 0.462 e. The second-order valence-electron chi connectivity index (χ2n) is 14.1. The van der Waals surface area contributed by atoms with Crippen LogP contribution in [0.4, 0.5) is 0 Å². The lowest BCUT2D eigenvalue weighted by atomic mass is 9.90. The summed E-state index contributed by atoms with van der Waals surface area (Å²) in [6.45, 7) is 4.67. The van der Waals surface area contributed by atoms with Gasteiger partial charge in [-0.1, -0.05) is 50.2 Å². The number of hydrogen-bond acceptors (Lipinski definition) is 12. The van der Waals surface area contributed by atoms with Crippen LogP contribution in [0.1, 0.15) is 54.2 Å². The molecule has 0 saturated carbocycles. The van der Waals surface area contributed by atoms with Gasteiger partial charge in [-0.2, -0.15) is 0 Å². The summed E-state index contributed by atoms with van der Waals surface area (Å²) in [5.41, 5.74) is 2.45. The van der Waals surface area contributed by atoms with Gasteiger partial charge >= 0.3 is 17.9 Å². The molecule has 2 aliphatic heterocycles. The fourth-order valence-electron chi connectivity index (χ4n) is 6.78. The number of aliphatic hydroxyl groups is 2. The molecule has 14 heteroatoms. The molecule has 276 valence electrons. The SMILES string of the molecule is C[C@H](O)[C@@H](NC(=O)C1=C[C@H]2OC3(Cc4ccccc4C3)O[C@H]2[C@H](OC(=O)c2ccc(C=CC(=O)O[C@H]3C(=O)OCC3(C)C)cc2)C1)C(=O)NCCO. The Bertz CT molecular complexity index is 1760. The third kappa shape index (κ3) is 7.94. The maximum atomic E-state index is 13.5. The van der Waals surface area contributed by atoms with E-state index in [4.69, 9.17) is 28.8 Å². The van der Waals surface area contributed by atoms with Crippen molar-refractivity contribution in [2.45, 2.75) is 82.4 Å². The summed E-state index contributed by atoms with van der Waals surface area (Å²) in [6.07, 6.45) is 0.416. The molecule has 2 saturated heterocycles. The van der Waals surface area contributed by atoms with Crippen LogP contribution in [0, 0.1) is 5.41 Å². The quantitative estimate of drug-likeness (QED) is 0.148. The number of amides is 2. The zero-order chi connectivity index (χ0) is 37.2. The Hall–Kier alpha value is -4.89. The standard InChI is InChI=1S/C38H42N2O12/c1-21(42)30(34(45)39-14-15-41)40-33(44)26-16-27(31-28(17-26)51-38(52-31)18-24-6-4-5-7-25(24)19-38)49-35(46)23-11-8-22(9-12-23)10-13-29(43)50-32-36(47)48-20-37(32,2)3/h4-13,17,21,27-28,30-32,41-42H,14-16,18-20H2,1-3H3,(H,39,45)(H,40,44)/t21-,27+,28+,30+,31-,32-/m0/s1. The van der Waals surface area contributed by atoms with Gasteiger partial charge in [0, 0.05) is 42.9 Å².